The quantitative estimate of drug-likeness (QED) is 0.727. The summed E-state index contributed by atoms with van der Waals surface area (Å²) in [6.07, 6.45) is 1.38. The highest BCUT2D eigenvalue weighted by molar-refractivity contribution is 6.04. The summed E-state index contributed by atoms with van der Waals surface area (Å²) in [5.74, 6) is -0.792. The number of amides is 2. The van der Waals surface area contributed by atoms with Gasteiger partial charge >= 0.3 is 0 Å². The van der Waals surface area contributed by atoms with Crippen molar-refractivity contribution in [2.75, 3.05) is 10.6 Å². The van der Waals surface area contributed by atoms with E-state index < -0.39 is 0 Å². The third-order valence-corrected chi connectivity index (χ3v) is 2.93. The Kier molecular flexibility index (Phi) is 13.5. The molecule has 0 atom stereocenters. The summed E-state index contributed by atoms with van der Waals surface area (Å²) < 4.78 is 0. The maximum Gasteiger partial charge on any atom is 0.231 e. The predicted molar refractivity (Wildman–Crippen MR) is 112 cm³/mol. The zero-order valence-electron chi connectivity index (χ0n) is 16.7. The Hall–Kier alpha value is -3.61. The minimum absolute atomic E-state index is 0.0606. The minimum Gasteiger partial charge on any atom is -0.326 e. The lowest BCUT2D eigenvalue weighted by molar-refractivity contribution is -0.125. The Morgan fingerprint density at radius 3 is 1.21 bits per heavy atom. The third kappa shape index (κ3) is 15.2. The van der Waals surface area contributed by atoms with Crippen LogP contribution in [0.4, 0.5) is 11.4 Å². The number of hydrogen-bond donors (Lipinski definition) is 2. The number of hydrogen-bond acceptors (Lipinski definition) is 5. The highest BCUT2D eigenvalue weighted by Crippen LogP contribution is 2.06. The van der Waals surface area contributed by atoms with E-state index in [9.17, 15) is 19.2 Å². The molecule has 7 heteroatoms. The molecule has 0 aliphatic carbocycles. The summed E-state index contributed by atoms with van der Waals surface area (Å²) in [6.45, 7) is 4.11. The molecule has 153 valence electrons. The van der Waals surface area contributed by atoms with Gasteiger partial charge in [-0.2, -0.15) is 0 Å². The molecule has 2 amide bonds. The summed E-state index contributed by atoms with van der Waals surface area (Å²) in [7, 11) is 0. The molecule has 2 N–H and O–H groups in total. The second-order valence-electron chi connectivity index (χ2n) is 5.79. The van der Waals surface area contributed by atoms with Gasteiger partial charge in [-0.3, -0.25) is 24.0 Å². The van der Waals surface area contributed by atoms with Gasteiger partial charge in [0.25, 0.3) is 0 Å². The Morgan fingerprint density at radius 2 is 0.966 bits per heavy atom. The highest BCUT2D eigenvalue weighted by Gasteiger charge is 2.04. The maximum atomic E-state index is 11.1. The van der Waals surface area contributed by atoms with Gasteiger partial charge in [-0.15, -0.1) is 0 Å². The van der Waals surface area contributed by atoms with Crippen molar-refractivity contribution in [1.29, 1.82) is 0 Å². The lowest BCUT2D eigenvalue weighted by Crippen LogP contribution is -2.14. The second kappa shape index (κ2) is 15.4. The molecule has 0 aliphatic rings. The molecular formula is C22H25N2O5. The van der Waals surface area contributed by atoms with E-state index in [1.807, 2.05) is 36.4 Å². The van der Waals surface area contributed by atoms with Crippen LogP contribution in [0.25, 0.3) is 0 Å². The zero-order chi connectivity index (χ0) is 22.1. The summed E-state index contributed by atoms with van der Waals surface area (Å²) in [4.78, 5) is 52.0. The summed E-state index contributed by atoms with van der Waals surface area (Å²) in [5, 5.41) is 5.23. The van der Waals surface area contributed by atoms with Crippen LogP contribution >= 0.6 is 0 Å². The van der Waals surface area contributed by atoms with E-state index in [4.69, 9.17) is 4.79 Å². The maximum absolute atomic E-state index is 11.1. The van der Waals surface area contributed by atoms with E-state index in [0.717, 1.165) is 0 Å². The Labute approximate surface area is 170 Å². The number of Topliss-reactive ketones (excluding diaryl/α,β-unsaturated/α-hetero) is 2. The summed E-state index contributed by atoms with van der Waals surface area (Å²) in [6, 6.07) is 18.1. The van der Waals surface area contributed by atoms with Crippen molar-refractivity contribution in [2.24, 2.45) is 0 Å². The van der Waals surface area contributed by atoms with Gasteiger partial charge < -0.3 is 10.6 Å². The van der Waals surface area contributed by atoms with Crippen molar-refractivity contribution in [1.82, 2.24) is 0 Å². The van der Waals surface area contributed by atoms with Crippen LogP contribution in [0.15, 0.2) is 60.7 Å². The van der Waals surface area contributed by atoms with Gasteiger partial charge in [0.15, 0.2) is 6.29 Å². The molecule has 7 nitrogen and oxygen atoms in total. The first-order valence-electron chi connectivity index (χ1n) is 8.76. The molecule has 2 aromatic rings. The molecule has 29 heavy (non-hydrogen) atoms. The van der Waals surface area contributed by atoms with Crippen LogP contribution in [0.2, 0.25) is 0 Å². The zero-order valence-corrected chi connectivity index (χ0v) is 16.7. The molecule has 0 saturated heterocycles. The van der Waals surface area contributed by atoms with Crippen molar-refractivity contribution < 1.29 is 24.0 Å². The fourth-order valence-corrected chi connectivity index (χ4v) is 1.91. The van der Waals surface area contributed by atoms with Crippen LogP contribution in [0, 0.1) is 0 Å². The van der Waals surface area contributed by atoms with Crippen molar-refractivity contribution in [2.45, 2.75) is 33.6 Å². The van der Waals surface area contributed by atoms with Crippen LogP contribution in [-0.2, 0) is 24.0 Å². The molecule has 1 radical (unpaired) electrons. The van der Waals surface area contributed by atoms with Gasteiger partial charge in [-0.1, -0.05) is 36.4 Å². The molecule has 0 bridgehead atoms. The fraction of sp³-hybridized carbons (Fsp3) is 0.227. The molecule has 0 aliphatic heterocycles. The normalized spacial score (nSPS) is 8.79. The number of rotatable bonds is 6. The number of carbonyl (C=O) groups excluding carboxylic acids is 5. The Bertz CT molecular complexity index is 724. The largest absolute Gasteiger partial charge is 0.326 e. The van der Waals surface area contributed by atoms with Crippen LogP contribution in [0.3, 0.4) is 0 Å². The average Bonchev–Trinajstić information content (AvgIpc) is 2.63. The van der Waals surface area contributed by atoms with Crippen molar-refractivity contribution in [3.05, 3.63) is 60.7 Å². The monoisotopic (exact) mass is 397 g/mol. The van der Waals surface area contributed by atoms with E-state index in [2.05, 4.69) is 10.6 Å². The lowest BCUT2D eigenvalue weighted by Gasteiger charge is -2.01. The van der Waals surface area contributed by atoms with Crippen LogP contribution in [0.5, 0.6) is 0 Å². The topological polar surface area (TPSA) is 109 Å². The molecule has 0 fully saturated rings. The highest BCUT2D eigenvalue weighted by atomic mass is 16.2. The molecule has 2 rings (SSSR count). The number of para-hydroxylation sites is 2. The second-order valence-corrected chi connectivity index (χ2v) is 5.79. The molecule has 2 aromatic carbocycles. The fourth-order valence-electron chi connectivity index (χ4n) is 1.91. The van der Waals surface area contributed by atoms with Crippen LogP contribution in [-0.4, -0.2) is 29.7 Å². The SMILES string of the molecule is CC(=O)CC(=O)Nc1ccccc1.CC(=O)CC(=O)Nc1ccccc1.C[C]=O. The van der Waals surface area contributed by atoms with E-state index >= 15 is 0 Å². The third-order valence-electron chi connectivity index (χ3n) is 2.93. The van der Waals surface area contributed by atoms with Crippen molar-refractivity contribution >= 4 is 41.0 Å². The van der Waals surface area contributed by atoms with E-state index in [1.54, 1.807) is 24.3 Å². The predicted octanol–water partition coefficient (Wildman–Crippen LogP) is 3.32. The van der Waals surface area contributed by atoms with Gasteiger partial charge in [-0.05, 0) is 38.1 Å². The standard InChI is InChI=1S/2C10H11NO2.C2H3O/c2*1-8(12)7-10(13)11-9-5-3-2-4-6-9;1-2-3/h2*2-6H,7H2,1H3,(H,11,13);1H3. The molecule has 0 spiro atoms. The van der Waals surface area contributed by atoms with Gasteiger partial charge in [0, 0.05) is 18.3 Å². The van der Waals surface area contributed by atoms with Crippen LogP contribution < -0.4 is 10.6 Å². The van der Waals surface area contributed by atoms with Gasteiger partial charge in [0.2, 0.25) is 11.8 Å². The smallest absolute Gasteiger partial charge is 0.231 e. The van der Waals surface area contributed by atoms with Crippen molar-refractivity contribution in [3.8, 4) is 0 Å². The van der Waals surface area contributed by atoms with E-state index in [0.29, 0.717) is 11.4 Å². The van der Waals surface area contributed by atoms with E-state index in [-0.39, 0.29) is 36.2 Å². The minimum atomic E-state index is -0.265. The Morgan fingerprint density at radius 1 is 0.690 bits per heavy atom. The molecule has 0 saturated carbocycles. The molecule has 0 heterocycles. The number of anilines is 2. The first-order valence-corrected chi connectivity index (χ1v) is 8.76. The molecular weight excluding hydrogens is 372 g/mol. The van der Waals surface area contributed by atoms with Gasteiger partial charge in [0.05, 0.1) is 12.8 Å². The van der Waals surface area contributed by atoms with Gasteiger partial charge in [0.1, 0.15) is 11.6 Å². The molecule has 0 unspecified atom stereocenters. The lowest BCUT2D eigenvalue weighted by atomic mass is 10.2. The van der Waals surface area contributed by atoms with Gasteiger partial charge in [-0.25, -0.2) is 0 Å². The number of nitrogens with one attached hydrogen (secondary N) is 2. The Balaban J connectivity index is 0.000000477. The first-order chi connectivity index (χ1) is 13.8. The number of ketones is 2. The van der Waals surface area contributed by atoms with E-state index in [1.165, 1.54) is 27.1 Å². The summed E-state index contributed by atoms with van der Waals surface area (Å²) in [5.41, 5.74) is 1.43. The average molecular weight is 397 g/mol. The summed E-state index contributed by atoms with van der Waals surface area (Å²) >= 11 is 0. The molecule has 0 aromatic heterocycles. The number of carbonyl (C=O) groups is 4. The number of benzene rings is 2. The van der Waals surface area contributed by atoms with Crippen molar-refractivity contribution in [3.63, 3.8) is 0 Å². The first kappa shape index (κ1) is 25.4. The van der Waals surface area contributed by atoms with Crippen LogP contribution in [0.1, 0.15) is 33.6 Å².